The maximum Gasteiger partial charge on any atom is 0.0556 e. The minimum absolute atomic E-state index is 0.197. The number of fused-ring (bicyclic) bond motifs is 6. The number of allylic oxidation sites excluding steroid dienone is 14. The normalized spacial score (nSPS) is 25.4. The van der Waals surface area contributed by atoms with E-state index in [4.69, 9.17) is 0 Å². The monoisotopic (exact) mass is 826 g/mol. The van der Waals surface area contributed by atoms with Gasteiger partial charge in [0.2, 0.25) is 0 Å². The van der Waals surface area contributed by atoms with E-state index in [2.05, 4.69) is 235 Å². The fourth-order valence-electron chi connectivity index (χ4n) is 12.3. The second-order valence-corrected chi connectivity index (χ2v) is 18.6. The summed E-state index contributed by atoms with van der Waals surface area (Å²) in [6.07, 6.45) is 36.8. The lowest BCUT2D eigenvalue weighted by molar-refractivity contribution is 0.323. The Kier molecular flexibility index (Phi) is 9.70. The molecule has 0 saturated carbocycles. The van der Waals surface area contributed by atoms with E-state index in [0.717, 1.165) is 32.1 Å². The molecule has 0 saturated heterocycles. The smallest absolute Gasteiger partial charge is 0.0556 e. The summed E-state index contributed by atoms with van der Waals surface area (Å²) < 4.78 is 2.44. The Labute approximate surface area is 378 Å². The highest BCUT2D eigenvalue weighted by molar-refractivity contribution is 5.91. The molecule has 0 amide bonds. The third kappa shape index (κ3) is 6.29. The molecule has 0 N–H and O–H groups in total. The number of rotatable bonds is 8. The molecule has 2 heteroatoms. The molecule has 1 heterocycles. The van der Waals surface area contributed by atoms with Crippen molar-refractivity contribution in [1.29, 1.82) is 0 Å². The van der Waals surface area contributed by atoms with Crippen molar-refractivity contribution in [2.75, 3.05) is 0 Å². The molecule has 6 aromatic rings. The summed E-state index contributed by atoms with van der Waals surface area (Å²) in [6.45, 7) is 2.44. The molecule has 0 spiro atoms. The molecular weight excluding hydrogens is 773 g/mol. The maximum absolute atomic E-state index is 2.72. The Morgan fingerprint density at radius 2 is 1.38 bits per heavy atom. The molecular formula is C62H54N2. The number of nitrogens with zero attached hydrogens (tertiary/aromatic N) is 2. The van der Waals surface area contributed by atoms with E-state index in [-0.39, 0.29) is 17.4 Å². The van der Waals surface area contributed by atoms with Crippen LogP contribution in [0.3, 0.4) is 0 Å². The van der Waals surface area contributed by atoms with Crippen molar-refractivity contribution in [1.82, 2.24) is 9.47 Å². The van der Waals surface area contributed by atoms with Crippen LogP contribution >= 0.6 is 0 Å². The molecule has 5 aromatic carbocycles. The van der Waals surface area contributed by atoms with Gasteiger partial charge in [0.15, 0.2) is 0 Å². The molecule has 6 atom stereocenters. The van der Waals surface area contributed by atoms with Crippen LogP contribution in [0.5, 0.6) is 0 Å². The highest BCUT2D eigenvalue weighted by Gasteiger charge is 2.54. The van der Waals surface area contributed by atoms with Gasteiger partial charge in [-0.15, -0.1) is 0 Å². The Bertz CT molecular complexity index is 3050. The summed E-state index contributed by atoms with van der Waals surface area (Å²) in [5.74, 6) is 1.41. The second kappa shape index (κ2) is 16.0. The van der Waals surface area contributed by atoms with Crippen LogP contribution in [0.25, 0.3) is 28.2 Å². The van der Waals surface area contributed by atoms with E-state index < -0.39 is 0 Å². The first-order valence-corrected chi connectivity index (χ1v) is 23.6. The van der Waals surface area contributed by atoms with E-state index in [0.29, 0.717) is 17.8 Å². The first-order chi connectivity index (χ1) is 31.7. The summed E-state index contributed by atoms with van der Waals surface area (Å²) in [4.78, 5) is 2.72. The van der Waals surface area contributed by atoms with Gasteiger partial charge >= 0.3 is 0 Å². The number of aromatic nitrogens is 1. The molecule has 312 valence electrons. The van der Waals surface area contributed by atoms with Crippen molar-refractivity contribution in [3.05, 3.63) is 268 Å². The van der Waals surface area contributed by atoms with E-state index in [1.54, 1.807) is 0 Å². The fraction of sp³-hybridized carbons (Fsp3) is 0.194. The molecule has 0 bridgehead atoms. The van der Waals surface area contributed by atoms with Gasteiger partial charge < -0.3 is 9.47 Å². The van der Waals surface area contributed by atoms with Crippen LogP contribution < -0.4 is 0 Å². The fourth-order valence-corrected chi connectivity index (χ4v) is 12.3. The highest BCUT2D eigenvalue weighted by Crippen LogP contribution is 2.62. The number of hydrogen-bond acceptors (Lipinski definition) is 1. The van der Waals surface area contributed by atoms with E-state index >= 15 is 0 Å². The summed E-state index contributed by atoms with van der Waals surface area (Å²) in [5, 5.41) is 1.36. The van der Waals surface area contributed by atoms with Crippen LogP contribution in [0.15, 0.2) is 235 Å². The van der Waals surface area contributed by atoms with Gasteiger partial charge in [-0.05, 0) is 113 Å². The number of para-hydroxylation sites is 2. The molecule has 0 fully saturated rings. The Morgan fingerprint density at radius 1 is 0.625 bits per heavy atom. The Morgan fingerprint density at radius 3 is 2.16 bits per heavy atom. The third-order valence-corrected chi connectivity index (χ3v) is 15.3. The molecule has 0 aliphatic heterocycles. The van der Waals surface area contributed by atoms with Crippen LogP contribution in [0.1, 0.15) is 72.0 Å². The SMILES string of the molecule is CC1CC=CC=C1C1(c2ccccc2)c2ccccc2C2=CC=C(N(C3=CCC(c4ccccc4)C=C3)C3C=CC([C@@H]4C=Cc5c(c6ccccc6n5-c5ccccc5)C4)=CC3)CC21. The predicted octanol–water partition coefficient (Wildman–Crippen LogP) is 14.8. The maximum atomic E-state index is 2.72. The van der Waals surface area contributed by atoms with Crippen LogP contribution in [0, 0.1) is 17.8 Å². The lowest BCUT2D eigenvalue weighted by Crippen LogP contribution is -2.41. The van der Waals surface area contributed by atoms with Crippen LogP contribution in [0.2, 0.25) is 0 Å². The summed E-state index contributed by atoms with van der Waals surface area (Å²) in [7, 11) is 0. The first-order valence-electron chi connectivity index (χ1n) is 23.6. The first kappa shape index (κ1) is 38.7. The molecule has 6 aliphatic carbocycles. The second-order valence-electron chi connectivity index (χ2n) is 18.6. The average molecular weight is 827 g/mol. The van der Waals surface area contributed by atoms with Gasteiger partial charge in [-0.25, -0.2) is 0 Å². The summed E-state index contributed by atoms with van der Waals surface area (Å²) in [6, 6.07) is 51.8. The van der Waals surface area contributed by atoms with Gasteiger partial charge in [0.05, 0.1) is 11.6 Å². The van der Waals surface area contributed by atoms with Crippen LogP contribution in [0.4, 0.5) is 0 Å². The minimum Gasteiger partial charge on any atom is -0.338 e. The van der Waals surface area contributed by atoms with Crippen molar-refractivity contribution in [3.8, 4) is 5.69 Å². The topological polar surface area (TPSA) is 8.17 Å². The number of hydrogen-bond donors (Lipinski definition) is 0. The Balaban J connectivity index is 0.911. The molecule has 12 rings (SSSR count). The molecule has 6 aliphatic rings. The zero-order valence-corrected chi connectivity index (χ0v) is 36.6. The van der Waals surface area contributed by atoms with E-state index in [1.807, 2.05) is 0 Å². The van der Waals surface area contributed by atoms with Crippen molar-refractivity contribution < 1.29 is 0 Å². The van der Waals surface area contributed by atoms with Crippen molar-refractivity contribution >= 4 is 22.6 Å². The molecule has 0 radical (unpaired) electrons. The van der Waals surface area contributed by atoms with Crippen LogP contribution in [-0.2, 0) is 11.8 Å². The van der Waals surface area contributed by atoms with Crippen molar-refractivity contribution in [2.45, 2.75) is 56.4 Å². The molecule has 2 nitrogen and oxygen atoms in total. The average Bonchev–Trinajstić information content (AvgIpc) is 3.85. The van der Waals surface area contributed by atoms with Gasteiger partial charge in [0, 0.05) is 51.3 Å². The van der Waals surface area contributed by atoms with Crippen molar-refractivity contribution in [3.63, 3.8) is 0 Å². The zero-order chi connectivity index (χ0) is 42.6. The summed E-state index contributed by atoms with van der Waals surface area (Å²) >= 11 is 0. The van der Waals surface area contributed by atoms with Gasteiger partial charge in [0.25, 0.3) is 0 Å². The van der Waals surface area contributed by atoms with Gasteiger partial charge in [-0.1, -0.05) is 195 Å². The molecule has 5 unspecified atom stereocenters. The van der Waals surface area contributed by atoms with Crippen LogP contribution in [-0.4, -0.2) is 15.5 Å². The van der Waals surface area contributed by atoms with Gasteiger partial charge in [0.1, 0.15) is 0 Å². The van der Waals surface area contributed by atoms with Crippen molar-refractivity contribution in [2.24, 2.45) is 17.8 Å². The molecule has 1 aromatic heterocycles. The zero-order valence-electron chi connectivity index (χ0n) is 36.6. The highest BCUT2D eigenvalue weighted by atomic mass is 15.2. The Hall–Kier alpha value is -6.90. The standard InChI is InChI=1S/C62H54N2/c1-43-17-11-14-26-57(43)62(48-20-7-3-8-21-48)58-27-15-12-24-53(58)54-39-38-52(42-59(54)62)63(50-34-29-45(30-35-50)44-18-5-2-6-19-44)51-36-31-46(32-37-51)47-33-40-61-56(41-47)55-25-13-16-28-60(55)64(61)49-22-9-4-10-23-49/h2-16,18-29,31-36,38-40,43,45,47,51,59H,17,30,37,41-42H2,1H3/t43?,45?,47-,51?,59?,62?/m1/s1. The van der Waals surface area contributed by atoms with Gasteiger partial charge in [-0.2, -0.15) is 0 Å². The largest absolute Gasteiger partial charge is 0.338 e. The lowest BCUT2D eigenvalue weighted by atomic mass is 9.59. The molecule has 64 heavy (non-hydrogen) atoms. The lowest BCUT2D eigenvalue weighted by Gasteiger charge is -2.46. The number of benzene rings is 5. The predicted molar refractivity (Wildman–Crippen MR) is 267 cm³/mol. The van der Waals surface area contributed by atoms with Gasteiger partial charge in [-0.3, -0.25) is 0 Å². The third-order valence-electron chi connectivity index (χ3n) is 15.3. The van der Waals surface area contributed by atoms with E-state index in [1.165, 1.54) is 78.2 Å². The van der Waals surface area contributed by atoms with E-state index in [9.17, 15) is 0 Å². The quantitative estimate of drug-likeness (QED) is 0.148. The minimum atomic E-state index is -0.264. The summed E-state index contributed by atoms with van der Waals surface area (Å²) in [5.41, 5.74) is 17.8.